The molecule has 0 atom stereocenters. The van der Waals surface area contributed by atoms with Crippen molar-refractivity contribution in [2.75, 3.05) is 16.9 Å². The fourth-order valence-electron chi connectivity index (χ4n) is 3.06. The van der Waals surface area contributed by atoms with Crippen molar-refractivity contribution in [1.29, 1.82) is 0 Å². The molecule has 0 saturated carbocycles. The zero-order valence-electron chi connectivity index (χ0n) is 17.8. The Hall–Kier alpha value is -3.78. The minimum absolute atomic E-state index is 0.157. The van der Waals surface area contributed by atoms with Crippen LogP contribution in [0.1, 0.15) is 11.1 Å². The zero-order chi connectivity index (χ0) is 22.5. The largest absolute Gasteiger partial charge is 0.457 e. The van der Waals surface area contributed by atoms with E-state index >= 15 is 0 Å². The molecule has 4 rings (SSSR count). The van der Waals surface area contributed by atoms with Crippen LogP contribution in [-0.2, 0) is 4.79 Å². The molecule has 0 bridgehead atoms. The minimum Gasteiger partial charge on any atom is -0.457 e. The number of nitrogen functional groups attached to an aromatic ring is 1. The highest BCUT2D eigenvalue weighted by Gasteiger charge is 2.15. The number of nitrogens with two attached hydrogens (primary N) is 1. The van der Waals surface area contributed by atoms with Crippen molar-refractivity contribution in [3.8, 4) is 22.9 Å². The number of anilines is 1. The molecule has 4 aromatic rings. The average Bonchev–Trinajstić information content (AvgIpc) is 3.16. The number of carbonyl (C=O) groups is 1. The predicted molar refractivity (Wildman–Crippen MR) is 127 cm³/mol. The maximum Gasteiger partial charge on any atom is 0.234 e. The Labute approximate surface area is 190 Å². The Morgan fingerprint density at radius 3 is 2.31 bits per heavy atom. The number of hydrogen-bond acceptors (Lipinski definition) is 6. The van der Waals surface area contributed by atoms with Gasteiger partial charge in [0.15, 0.2) is 5.82 Å². The van der Waals surface area contributed by atoms with Gasteiger partial charge in [-0.1, -0.05) is 53.7 Å². The number of nitrogens with zero attached hydrogens (tertiary/aromatic N) is 3. The molecule has 1 amide bonds. The summed E-state index contributed by atoms with van der Waals surface area (Å²) in [5.41, 5.74) is 3.82. The molecule has 3 aromatic carbocycles. The van der Waals surface area contributed by atoms with Crippen molar-refractivity contribution in [2.24, 2.45) is 0 Å². The molecule has 8 heteroatoms. The van der Waals surface area contributed by atoms with Crippen molar-refractivity contribution >= 4 is 23.4 Å². The number of carbonyl (C=O) groups excluding carboxylic acids is 1. The summed E-state index contributed by atoms with van der Waals surface area (Å²) >= 11 is 1.23. The highest BCUT2D eigenvalue weighted by atomic mass is 32.2. The van der Waals surface area contributed by atoms with Crippen LogP contribution in [0.4, 0.5) is 5.69 Å². The van der Waals surface area contributed by atoms with Gasteiger partial charge in [0, 0.05) is 11.3 Å². The van der Waals surface area contributed by atoms with Crippen LogP contribution < -0.4 is 15.9 Å². The number of thioether (sulfide) groups is 1. The monoisotopic (exact) mass is 445 g/mol. The summed E-state index contributed by atoms with van der Waals surface area (Å²) in [5.74, 6) is 8.17. The Kier molecular flexibility index (Phi) is 6.42. The molecule has 32 heavy (non-hydrogen) atoms. The molecule has 7 nitrogen and oxygen atoms in total. The van der Waals surface area contributed by atoms with E-state index in [0.29, 0.717) is 22.4 Å². The molecule has 0 aliphatic rings. The van der Waals surface area contributed by atoms with Gasteiger partial charge < -0.3 is 15.9 Å². The molecule has 0 unspecified atom stereocenters. The summed E-state index contributed by atoms with van der Waals surface area (Å²) in [6.07, 6.45) is 0. The molecule has 0 fully saturated rings. The van der Waals surface area contributed by atoms with Crippen molar-refractivity contribution in [2.45, 2.75) is 19.0 Å². The topological polar surface area (TPSA) is 95.1 Å². The molecular formula is C24H23N5O2S. The maximum absolute atomic E-state index is 12.4. The van der Waals surface area contributed by atoms with Crippen LogP contribution >= 0.6 is 11.8 Å². The van der Waals surface area contributed by atoms with E-state index in [9.17, 15) is 4.79 Å². The van der Waals surface area contributed by atoms with E-state index < -0.39 is 0 Å². The van der Waals surface area contributed by atoms with Crippen LogP contribution in [0.15, 0.2) is 78.0 Å². The van der Waals surface area contributed by atoms with Crippen LogP contribution in [0.3, 0.4) is 0 Å². The second kappa shape index (κ2) is 9.57. The number of ether oxygens (including phenoxy) is 1. The van der Waals surface area contributed by atoms with Crippen LogP contribution in [0.25, 0.3) is 11.4 Å². The fraction of sp³-hybridized carbons (Fsp3) is 0.125. The van der Waals surface area contributed by atoms with Crippen LogP contribution in [0, 0.1) is 13.8 Å². The highest BCUT2D eigenvalue weighted by molar-refractivity contribution is 7.99. The first-order chi connectivity index (χ1) is 15.5. The number of rotatable bonds is 7. The first kappa shape index (κ1) is 21.5. The van der Waals surface area contributed by atoms with Crippen molar-refractivity contribution < 1.29 is 9.53 Å². The fourth-order valence-corrected chi connectivity index (χ4v) is 3.72. The van der Waals surface area contributed by atoms with E-state index in [-0.39, 0.29) is 11.7 Å². The van der Waals surface area contributed by atoms with Gasteiger partial charge in [0.05, 0.1) is 5.75 Å². The zero-order valence-corrected chi connectivity index (χ0v) is 18.6. The second-order valence-electron chi connectivity index (χ2n) is 7.27. The van der Waals surface area contributed by atoms with E-state index in [2.05, 4.69) is 15.5 Å². The lowest BCUT2D eigenvalue weighted by atomic mass is 10.1. The Bertz CT molecular complexity index is 1220. The van der Waals surface area contributed by atoms with Crippen molar-refractivity contribution in [3.63, 3.8) is 0 Å². The summed E-state index contributed by atoms with van der Waals surface area (Å²) in [6.45, 7) is 4.02. The minimum atomic E-state index is -0.164. The molecule has 1 heterocycles. The number of nitrogens with one attached hydrogen (secondary N) is 1. The SMILES string of the molecule is Cc1ccc(Oc2ccc(NC(=O)CSc3nnc(-c4ccccc4C)n3N)cc2)cc1. The summed E-state index contributed by atoms with van der Waals surface area (Å²) < 4.78 is 7.22. The summed E-state index contributed by atoms with van der Waals surface area (Å²) in [5, 5.41) is 11.6. The smallest absolute Gasteiger partial charge is 0.234 e. The lowest BCUT2D eigenvalue weighted by Crippen LogP contribution is -2.16. The number of aryl methyl sites for hydroxylation is 2. The molecule has 0 spiro atoms. The van der Waals surface area contributed by atoms with Crippen molar-refractivity contribution in [1.82, 2.24) is 14.9 Å². The molecule has 0 radical (unpaired) electrons. The summed E-state index contributed by atoms with van der Waals surface area (Å²) in [4.78, 5) is 12.4. The Balaban J connectivity index is 1.32. The highest BCUT2D eigenvalue weighted by Crippen LogP contribution is 2.25. The Morgan fingerprint density at radius 2 is 1.62 bits per heavy atom. The normalized spacial score (nSPS) is 10.7. The van der Waals surface area contributed by atoms with Gasteiger partial charge in [-0.3, -0.25) is 4.79 Å². The molecular weight excluding hydrogens is 422 g/mol. The van der Waals surface area contributed by atoms with E-state index in [0.717, 1.165) is 16.9 Å². The van der Waals surface area contributed by atoms with Crippen LogP contribution in [-0.4, -0.2) is 26.5 Å². The number of hydrogen-bond donors (Lipinski definition) is 2. The van der Waals surface area contributed by atoms with E-state index in [1.807, 2.05) is 74.5 Å². The first-order valence-electron chi connectivity index (χ1n) is 10.0. The standard InChI is InChI=1S/C24H23N5O2S/c1-16-7-11-19(12-8-16)31-20-13-9-18(10-14-20)26-22(30)15-32-24-28-27-23(29(24)25)21-6-4-3-5-17(21)2/h3-14H,15,25H2,1-2H3,(H,26,30). The van der Waals surface area contributed by atoms with Gasteiger partial charge in [-0.2, -0.15) is 0 Å². The van der Waals surface area contributed by atoms with Gasteiger partial charge in [-0.15, -0.1) is 10.2 Å². The van der Waals surface area contributed by atoms with Crippen LogP contribution in [0.5, 0.6) is 11.5 Å². The number of amides is 1. The van der Waals surface area contributed by atoms with Gasteiger partial charge in [-0.05, 0) is 55.8 Å². The molecule has 3 N–H and O–H groups in total. The van der Waals surface area contributed by atoms with Gasteiger partial charge in [0.2, 0.25) is 11.1 Å². The third-order valence-corrected chi connectivity index (χ3v) is 5.72. The van der Waals surface area contributed by atoms with Gasteiger partial charge in [-0.25, -0.2) is 4.68 Å². The molecule has 0 saturated heterocycles. The van der Waals surface area contributed by atoms with Gasteiger partial charge in [0.25, 0.3) is 0 Å². The lowest BCUT2D eigenvalue weighted by molar-refractivity contribution is -0.113. The average molecular weight is 446 g/mol. The maximum atomic E-state index is 12.4. The number of benzene rings is 3. The summed E-state index contributed by atoms with van der Waals surface area (Å²) in [6, 6.07) is 22.9. The summed E-state index contributed by atoms with van der Waals surface area (Å²) in [7, 11) is 0. The molecule has 1 aromatic heterocycles. The quantitative estimate of drug-likeness (QED) is 0.313. The second-order valence-corrected chi connectivity index (χ2v) is 8.21. The third-order valence-electron chi connectivity index (χ3n) is 4.78. The predicted octanol–water partition coefficient (Wildman–Crippen LogP) is 4.80. The molecule has 162 valence electrons. The van der Waals surface area contributed by atoms with E-state index in [1.54, 1.807) is 12.1 Å². The van der Waals surface area contributed by atoms with Gasteiger partial charge in [0.1, 0.15) is 11.5 Å². The van der Waals surface area contributed by atoms with Crippen LogP contribution in [0.2, 0.25) is 0 Å². The van der Waals surface area contributed by atoms with E-state index in [1.165, 1.54) is 22.0 Å². The van der Waals surface area contributed by atoms with Gasteiger partial charge >= 0.3 is 0 Å². The molecule has 0 aliphatic heterocycles. The first-order valence-corrected chi connectivity index (χ1v) is 11.0. The Morgan fingerprint density at radius 1 is 0.969 bits per heavy atom. The molecule has 0 aliphatic carbocycles. The third kappa shape index (κ3) is 5.09. The number of aromatic nitrogens is 3. The lowest BCUT2D eigenvalue weighted by Gasteiger charge is -2.08. The van der Waals surface area contributed by atoms with E-state index in [4.69, 9.17) is 10.6 Å². The van der Waals surface area contributed by atoms with Crippen molar-refractivity contribution in [3.05, 3.63) is 83.9 Å².